The van der Waals surface area contributed by atoms with Crippen LogP contribution in [0.4, 0.5) is 5.69 Å². The van der Waals surface area contributed by atoms with Crippen molar-refractivity contribution < 1.29 is 23.4 Å². The number of nitrogens with zero attached hydrogens (tertiary/aromatic N) is 1. The second kappa shape index (κ2) is 8.39. The summed E-state index contributed by atoms with van der Waals surface area (Å²) in [7, 11) is 4.52. The van der Waals surface area contributed by atoms with E-state index in [1.54, 1.807) is 30.3 Å². The van der Waals surface area contributed by atoms with Crippen molar-refractivity contribution in [1.82, 2.24) is 4.98 Å². The van der Waals surface area contributed by atoms with Crippen LogP contribution in [0.2, 0.25) is 0 Å². The number of hydrogen-bond acceptors (Lipinski definition) is 6. The fraction of sp³-hybridized carbons (Fsp3) is 0.167. The van der Waals surface area contributed by atoms with E-state index >= 15 is 0 Å². The number of hydrogen-bond donors (Lipinski definition) is 1. The number of amides is 1. The number of ether oxygens (including phenoxy) is 3. The van der Waals surface area contributed by atoms with Gasteiger partial charge in [0.15, 0.2) is 17.1 Å². The Morgan fingerprint density at radius 2 is 1.58 bits per heavy atom. The molecule has 0 radical (unpaired) electrons. The molecule has 7 heteroatoms. The van der Waals surface area contributed by atoms with Crippen LogP contribution in [0.1, 0.15) is 15.9 Å². The molecule has 1 amide bonds. The number of fused-ring (bicyclic) bond motifs is 1. The summed E-state index contributed by atoms with van der Waals surface area (Å²) in [5.74, 6) is 1.45. The molecule has 0 unspecified atom stereocenters. The van der Waals surface area contributed by atoms with E-state index in [1.807, 2.05) is 31.2 Å². The number of carbonyl (C=O) groups is 1. The van der Waals surface area contributed by atoms with Gasteiger partial charge >= 0.3 is 0 Å². The molecule has 0 bridgehead atoms. The van der Waals surface area contributed by atoms with E-state index in [0.29, 0.717) is 45.5 Å². The highest BCUT2D eigenvalue weighted by atomic mass is 16.5. The van der Waals surface area contributed by atoms with Crippen LogP contribution < -0.4 is 19.5 Å². The highest BCUT2D eigenvalue weighted by molar-refractivity contribution is 6.05. The average molecular weight is 418 g/mol. The molecule has 4 rings (SSSR count). The van der Waals surface area contributed by atoms with Crippen LogP contribution in [0.15, 0.2) is 59.0 Å². The highest BCUT2D eigenvalue weighted by Gasteiger charge is 2.17. The first-order chi connectivity index (χ1) is 15.0. The van der Waals surface area contributed by atoms with Gasteiger partial charge in [-0.1, -0.05) is 17.7 Å². The first-order valence-corrected chi connectivity index (χ1v) is 9.61. The Labute approximate surface area is 179 Å². The van der Waals surface area contributed by atoms with Crippen LogP contribution in [-0.4, -0.2) is 32.2 Å². The van der Waals surface area contributed by atoms with Crippen molar-refractivity contribution in [2.75, 3.05) is 26.6 Å². The number of anilines is 1. The van der Waals surface area contributed by atoms with Crippen molar-refractivity contribution in [3.8, 4) is 28.7 Å². The van der Waals surface area contributed by atoms with E-state index in [2.05, 4.69) is 10.3 Å². The maximum Gasteiger partial charge on any atom is 0.255 e. The van der Waals surface area contributed by atoms with Crippen LogP contribution in [0.3, 0.4) is 0 Å². The molecule has 1 aromatic heterocycles. The van der Waals surface area contributed by atoms with Gasteiger partial charge in [0.1, 0.15) is 5.52 Å². The molecule has 7 nitrogen and oxygen atoms in total. The molecule has 158 valence electrons. The van der Waals surface area contributed by atoms with Gasteiger partial charge in [0.05, 0.1) is 21.3 Å². The van der Waals surface area contributed by atoms with E-state index < -0.39 is 0 Å². The van der Waals surface area contributed by atoms with E-state index in [0.717, 1.165) is 11.1 Å². The summed E-state index contributed by atoms with van der Waals surface area (Å²) in [6, 6.07) is 16.5. The van der Waals surface area contributed by atoms with E-state index in [9.17, 15) is 4.79 Å². The molecule has 31 heavy (non-hydrogen) atoms. The number of benzene rings is 3. The molecule has 0 aliphatic heterocycles. The minimum atomic E-state index is -0.319. The first kappa shape index (κ1) is 20.3. The monoisotopic (exact) mass is 418 g/mol. The van der Waals surface area contributed by atoms with Crippen LogP contribution in [0.5, 0.6) is 17.2 Å². The van der Waals surface area contributed by atoms with Crippen molar-refractivity contribution in [1.29, 1.82) is 0 Å². The summed E-state index contributed by atoms with van der Waals surface area (Å²) < 4.78 is 21.8. The SMILES string of the molecule is COc1cc(C(=O)Nc2ccc3oc(-c4ccc(C)cc4)nc3c2)cc(OC)c1OC. The number of rotatable bonds is 6. The van der Waals surface area contributed by atoms with Crippen molar-refractivity contribution in [2.24, 2.45) is 0 Å². The topological polar surface area (TPSA) is 82.8 Å². The maximum absolute atomic E-state index is 12.8. The predicted octanol–water partition coefficient (Wildman–Crippen LogP) is 5.08. The summed E-state index contributed by atoms with van der Waals surface area (Å²) in [6.07, 6.45) is 0. The summed E-state index contributed by atoms with van der Waals surface area (Å²) in [4.78, 5) is 17.4. The Kier molecular flexibility index (Phi) is 5.49. The van der Waals surface area contributed by atoms with Gasteiger partial charge in [-0.05, 0) is 49.4 Å². The third-order valence-electron chi connectivity index (χ3n) is 4.87. The Balaban J connectivity index is 1.61. The molecule has 0 saturated heterocycles. The lowest BCUT2D eigenvalue weighted by Crippen LogP contribution is -2.12. The quantitative estimate of drug-likeness (QED) is 0.470. The van der Waals surface area contributed by atoms with Crippen molar-refractivity contribution in [3.05, 3.63) is 65.7 Å². The Hall–Kier alpha value is -4.00. The third-order valence-corrected chi connectivity index (χ3v) is 4.87. The molecule has 3 aromatic carbocycles. The number of carbonyl (C=O) groups excluding carboxylic acids is 1. The number of oxazole rings is 1. The fourth-order valence-corrected chi connectivity index (χ4v) is 3.24. The van der Waals surface area contributed by atoms with Gasteiger partial charge in [0, 0.05) is 16.8 Å². The zero-order chi connectivity index (χ0) is 22.0. The molecular weight excluding hydrogens is 396 g/mol. The Morgan fingerprint density at radius 1 is 0.903 bits per heavy atom. The molecule has 4 aromatic rings. The molecule has 1 heterocycles. The summed E-state index contributed by atoms with van der Waals surface area (Å²) >= 11 is 0. The molecule has 1 N–H and O–H groups in total. The lowest BCUT2D eigenvalue weighted by Gasteiger charge is -2.14. The number of methoxy groups -OCH3 is 3. The maximum atomic E-state index is 12.8. The summed E-state index contributed by atoms with van der Waals surface area (Å²) in [5, 5.41) is 2.87. The van der Waals surface area contributed by atoms with Crippen LogP contribution >= 0.6 is 0 Å². The normalized spacial score (nSPS) is 10.7. The molecule has 0 saturated carbocycles. The van der Waals surface area contributed by atoms with Gasteiger partial charge in [-0.2, -0.15) is 0 Å². The number of aryl methyl sites for hydroxylation is 1. The molecule has 0 aliphatic rings. The lowest BCUT2D eigenvalue weighted by molar-refractivity contribution is 0.102. The van der Waals surface area contributed by atoms with Crippen molar-refractivity contribution in [2.45, 2.75) is 6.92 Å². The van der Waals surface area contributed by atoms with E-state index in [1.165, 1.54) is 21.3 Å². The minimum absolute atomic E-state index is 0.319. The second-order valence-corrected chi connectivity index (χ2v) is 6.94. The summed E-state index contributed by atoms with van der Waals surface area (Å²) in [5.41, 5.74) is 4.31. The van der Waals surface area contributed by atoms with Crippen molar-refractivity contribution >= 4 is 22.7 Å². The van der Waals surface area contributed by atoms with Gasteiger partial charge < -0.3 is 23.9 Å². The van der Waals surface area contributed by atoms with Gasteiger partial charge in [-0.3, -0.25) is 4.79 Å². The standard InChI is InChI=1S/C24H22N2O5/c1-14-5-7-15(8-6-14)24-26-18-13-17(9-10-19(18)31-24)25-23(27)16-11-20(28-2)22(30-4)21(12-16)29-3/h5-13H,1-4H3,(H,25,27). The Bertz CT molecular complexity index is 1220. The predicted molar refractivity (Wildman–Crippen MR) is 118 cm³/mol. The lowest BCUT2D eigenvalue weighted by atomic mass is 10.1. The van der Waals surface area contributed by atoms with Gasteiger partial charge in [0.25, 0.3) is 5.91 Å². The zero-order valence-corrected chi connectivity index (χ0v) is 17.7. The van der Waals surface area contributed by atoms with Crippen LogP contribution in [0.25, 0.3) is 22.6 Å². The molecule has 0 atom stereocenters. The van der Waals surface area contributed by atoms with Gasteiger partial charge in [0.2, 0.25) is 11.6 Å². The first-order valence-electron chi connectivity index (χ1n) is 9.61. The smallest absolute Gasteiger partial charge is 0.255 e. The molecule has 0 fully saturated rings. The largest absolute Gasteiger partial charge is 0.493 e. The zero-order valence-electron chi connectivity index (χ0n) is 17.7. The summed E-state index contributed by atoms with van der Waals surface area (Å²) in [6.45, 7) is 2.03. The second-order valence-electron chi connectivity index (χ2n) is 6.94. The third kappa shape index (κ3) is 4.02. The van der Waals surface area contributed by atoms with Gasteiger partial charge in [-0.25, -0.2) is 4.98 Å². The molecule has 0 aliphatic carbocycles. The minimum Gasteiger partial charge on any atom is -0.493 e. The fourth-order valence-electron chi connectivity index (χ4n) is 3.24. The number of nitrogens with one attached hydrogen (secondary N) is 1. The molecule has 0 spiro atoms. The van der Waals surface area contributed by atoms with Crippen molar-refractivity contribution in [3.63, 3.8) is 0 Å². The Morgan fingerprint density at radius 3 is 2.19 bits per heavy atom. The highest BCUT2D eigenvalue weighted by Crippen LogP contribution is 2.38. The average Bonchev–Trinajstić information content (AvgIpc) is 3.21. The van der Waals surface area contributed by atoms with Crippen LogP contribution in [0, 0.1) is 6.92 Å². The van der Waals surface area contributed by atoms with Gasteiger partial charge in [-0.15, -0.1) is 0 Å². The van der Waals surface area contributed by atoms with Crippen LogP contribution in [-0.2, 0) is 0 Å². The van der Waals surface area contributed by atoms with E-state index in [-0.39, 0.29) is 5.91 Å². The number of aromatic nitrogens is 1. The van der Waals surface area contributed by atoms with E-state index in [4.69, 9.17) is 18.6 Å². The molecular formula is C24H22N2O5.